The molecule has 1 amide bonds. The third-order valence-electron chi connectivity index (χ3n) is 5.24. The Hall–Kier alpha value is -3.43. The van der Waals surface area contributed by atoms with E-state index in [1.165, 1.54) is 35.3 Å². The lowest BCUT2D eigenvalue weighted by Gasteiger charge is -2.22. The van der Waals surface area contributed by atoms with Crippen LogP contribution in [0.1, 0.15) is 21.5 Å². The molecule has 1 aromatic heterocycles. The van der Waals surface area contributed by atoms with Gasteiger partial charge in [0.2, 0.25) is 0 Å². The van der Waals surface area contributed by atoms with Crippen molar-refractivity contribution in [2.75, 3.05) is 13.2 Å². The second kappa shape index (κ2) is 10.0. The molecular formula is C23H20ClF2N5O2. The van der Waals surface area contributed by atoms with Gasteiger partial charge in [-0.25, -0.2) is 8.78 Å². The average Bonchev–Trinajstić information content (AvgIpc) is 3.51. The molecule has 1 aliphatic heterocycles. The highest BCUT2D eigenvalue weighted by Crippen LogP contribution is 2.26. The Morgan fingerprint density at radius 2 is 2.03 bits per heavy atom. The van der Waals surface area contributed by atoms with Gasteiger partial charge in [0.15, 0.2) is 0 Å². The molecule has 0 saturated carbocycles. The van der Waals surface area contributed by atoms with Crippen LogP contribution in [0.4, 0.5) is 8.78 Å². The maximum atomic E-state index is 14.9. The van der Waals surface area contributed by atoms with E-state index in [4.69, 9.17) is 11.6 Å². The number of nitrogens with one attached hydrogen (secondary N) is 1. The first-order chi connectivity index (χ1) is 16.0. The zero-order chi connectivity index (χ0) is 23.4. The fourth-order valence-electron chi connectivity index (χ4n) is 3.55. The maximum Gasteiger partial charge on any atom is 0.252 e. The maximum absolute atomic E-state index is 14.9. The first-order valence-electron chi connectivity index (χ1n) is 10.2. The van der Waals surface area contributed by atoms with Gasteiger partial charge < -0.3 is 10.4 Å². The Labute approximate surface area is 193 Å². The zero-order valence-electron chi connectivity index (χ0n) is 17.3. The Morgan fingerprint density at radius 1 is 1.24 bits per heavy atom. The Morgan fingerprint density at radius 3 is 2.73 bits per heavy atom. The fourth-order valence-corrected chi connectivity index (χ4v) is 3.67. The quantitative estimate of drug-likeness (QED) is 0.528. The van der Waals surface area contributed by atoms with Gasteiger partial charge in [0.05, 0.1) is 43.2 Å². The summed E-state index contributed by atoms with van der Waals surface area (Å²) in [6, 6.07) is 10.2. The second-order valence-corrected chi connectivity index (χ2v) is 7.88. The Bertz CT molecular complexity index is 1200. The summed E-state index contributed by atoms with van der Waals surface area (Å²) in [6.07, 6.45) is 2.89. The van der Waals surface area contributed by atoms with E-state index in [1.54, 1.807) is 18.2 Å². The summed E-state index contributed by atoms with van der Waals surface area (Å²) >= 11 is 5.94. The minimum Gasteiger partial charge on any atom is -0.393 e. The largest absolute Gasteiger partial charge is 0.393 e. The number of rotatable bonds is 8. The minimum absolute atomic E-state index is 0.0103. The van der Waals surface area contributed by atoms with Gasteiger partial charge in [0, 0.05) is 16.8 Å². The Kier molecular flexibility index (Phi) is 6.90. The summed E-state index contributed by atoms with van der Waals surface area (Å²) in [4.78, 5) is 17.5. The van der Waals surface area contributed by atoms with Crippen LogP contribution >= 0.6 is 11.6 Å². The number of halogens is 3. The van der Waals surface area contributed by atoms with Crippen molar-refractivity contribution >= 4 is 28.8 Å². The average molecular weight is 472 g/mol. The number of alkyl halides is 1. The Balaban J connectivity index is 1.61. The summed E-state index contributed by atoms with van der Waals surface area (Å²) in [5.74, 6) is -1.32. The number of allylic oxidation sites excluding steroid dienone is 1. The molecule has 0 fully saturated rings. The zero-order valence-corrected chi connectivity index (χ0v) is 18.1. The van der Waals surface area contributed by atoms with Crippen LogP contribution in [0.3, 0.4) is 0 Å². The molecule has 10 heteroatoms. The van der Waals surface area contributed by atoms with E-state index in [1.807, 2.05) is 12.1 Å². The van der Waals surface area contributed by atoms with Crippen LogP contribution in [-0.4, -0.2) is 57.1 Å². The van der Waals surface area contributed by atoms with E-state index in [-0.39, 0.29) is 17.7 Å². The highest BCUT2D eigenvalue weighted by atomic mass is 35.5. The topological polar surface area (TPSA) is 92.4 Å². The van der Waals surface area contributed by atoms with E-state index in [0.717, 1.165) is 11.1 Å². The van der Waals surface area contributed by atoms with Crippen molar-refractivity contribution in [2.45, 2.75) is 18.8 Å². The van der Waals surface area contributed by atoms with Crippen molar-refractivity contribution in [2.24, 2.45) is 4.99 Å². The number of aromatic nitrogens is 3. The van der Waals surface area contributed by atoms with Crippen LogP contribution in [0, 0.1) is 5.82 Å². The molecule has 170 valence electrons. The summed E-state index contributed by atoms with van der Waals surface area (Å²) in [5, 5.41) is 19.8. The molecular weight excluding hydrogens is 452 g/mol. The number of carbonyl (C=O) groups excluding carboxylic acids is 1. The van der Waals surface area contributed by atoms with Crippen molar-refractivity contribution in [3.8, 4) is 0 Å². The lowest BCUT2D eigenvalue weighted by molar-refractivity contribution is 0.0849. The number of amides is 1. The lowest BCUT2D eigenvalue weighted by atomic mass is 9.99. The number of nitrogens with zero attached hydrogens (tertiary/aromatic N) is 4. The van der Waals surface area contributed by atoms with Gasteiger partial charge in [0.1, 0.15) is 12.0 Å². The van der Waals surface area contributed by atoms with E-state index in [2.05, 4.69) is 20.6 Å². The fraction of sp³-hybridized carbons (Fsp3) is 0.217. The molecule has 0 radical (unpaired) electrons. The van der Waals surface area contributed by atoms with Crippen LogP contribution in [-0.2, 0) is 6.54 Å². The molecule has 1 aliphatic rings. The third-order valence-corrected chi connectivity index (χ3v) is 5.50. The monoisotopic (exact) mass is 471 g/mol. The van der Waals surface area contributed by atoms with Crippen molar-refractivity contribution in [1.29, 1.82) is 0 Å². The highest BCUT2D eigenvalue weighted by molar-refractivity contribution is 6.30. The molecule has 2 atom stereocenters. The van der Waals surface area contributed by atoms with Gasteiger partial charge in [0.25, 0.3) is 5.91 Å². The molecule has 0 aliphatic carbocycles. The summed E-state index contributed by atoms with van der Waals surface area (Å²) in [5.41, 5.74) is 2.09. The molecule has 7 nitrogen and oxygen atoms in total. The molecule has 4 rings (SSSR count). The van der Waals surface area contributed by atoms with E-state index in [0.29, 0.717) is 17.3 Å². The highest BCUT2D eigenvalue weighted by Gasteiger charge is 2.27. The number of aliphatic hydroxyl groups excluding tert-OH is 1. The molecule has 0 bridgehead atoms. The first kappa shape index (κ1) is 22.8. The summed E-state index contributed by atoms with van der Waals surface area (Å²) < 4.78 is 30.6. The van der Waals surface area contributed by atoms with Crippen LogP contribution in [0.2, 0.25) is 5.02 Å². The van der Waals surface area contributed by atoms with E-state index < -0.39 is 30.5 Å². The van der Waals surface area contributed by atoms with Crippen LogP contribution in [0.5, 0.6) is 0 Å². The van der Waals surface area contributed by atoms with Gasteiger partial charge >= 0.3 is 0 Å². The third kappa shape index (κ3) is 5.15. The lowest BCUT2D eigenvalue weighted by Crippen LogP contribution is -2.46. The molecule has 0 unspecified atom stereocenters. The van der Waals surface area contributed by atoms with Crippen LogP contribution in [0.15, 0.2) is 65.9 Å². The minimum atomic E-state index is -1.75. The standard InChI is InChI=1S/C23H20ClF2N5O2/c24-16-6-4-14(5-7-16)15-10-20(27-11-15)22-17(2-1-3-18(22)25)23(33)29-21(19(26)13-32)12-31-9-8-28-30-31/h1-10,19,21,32H,11-13H2,(H,29,33)/t19-,21-/m1/s1. The normalized spacial score (nSPS) is 15.0. The van der Waals surface area contributed by atoms with Crippen LogP contribution in [0.25, 0.3) is 5.57 Å². The van der Waals surface area contributed by atoms with E-state index >= 15 is 0 Å². The van der Waals surface area contributed by atoms with Gasteiger partial charge in [-0.1, -0.05) is 35.0 Å². The number of benzene rings is 2. The van der Waals surface area contributed by atoms with Crippen LogP contribution < -0.4 is 5.32 Å². The van der Waals surface area contributed by atoms with Crippen molar-refractivity contribution in [3.63, 3.8) is 0 Å². The number of hydrogen-bond acceptors (Lipinski definition) is 5. The number of carbonyl (C=O) groups is 1. The second-order valence-electron chi connectivity index (χ2n) is 7.44. The molecule has 2 heterocycles. The van der Waals surface area contributed by atoms with Gasteiger partial charge in [-0.15, -0.1) is 5.10 Å². The predicted molar refractivity (Wildman–Crippen MR) is 120 cm³/mol. The van der Waals surface area contributed by atoms with Gasteiger partial charge in [-0.3, -0.25) is 14.5 Å². The molecule has 2 aromatic carbocycles. The first-order valence-corrected chi connectivity index (χ1v) is 10.5. The summed E-state index contributed by atoms with van der Waals surface area (Å²) in [7, 11) is 0. The molecule has 3 aromatic rings. The molecule has 0 saturated heterocycles. The number of aliphatic hydroxyl groups is 1. The summed E-state index contributed by atoms with van der Waals surface area (Å²) in [6.45, 7) is -0.534. The molecule has 2 N–H and O–H groups in total. The van der Waals surface area contributed by atoms with Gasteiger partial charge in [-0.05, 0) is 41.5 Å². The number of hydrogen-bond donors (Lipinski definition) is 2. The molecule has 33 heavy (non-hydrogen) atoms. The smallest absolute Gasteiger partial charge is 0.252 e. The van der Waals surface area contributed by atoms with Crippen molar-refractivity contribution < 1.29 is 18.7 Å². The van der Waals surface area contributed by atoms with Crippen molar-refractivity contribution in [1.82, 2.24) is 20.3 Å². The predicted octanol–water partition coefficient (Wildman–Crippen LogP) is 3.09. The molecule has 0 spiro atoms. The van der Waals surface area contributed by atoms with Crippen molar-refractivity contribution in [3.05, 3.63) is 88.5 Å². The van der Waals surface area contributed by atoms with Gasteiger partial charge in [-0.2, -0.15) is 0 Å². The number of aliphatic imine (C=N–C) groups is 1. The van der Waals surface area contributed by atoms with E-state index in [9.17, 15) is 18.7 Å². The SMILES string of the molecule is O=C(N[C@H](Cn1ccnn1)[C@H](F)CO)c1cccc(F)c1C1=NCC(c2ccc(Cl)cc2)=C1.